The van der Waals surface area contributed by atoms with Crippen LogP contribution in [0.25, 0.3) is 0 Å². The van der Waals surface area contributed by atoms with Gasteiger partial charge in [-0.25, -0.2) is 0 Å². The average molecular weight is 270 g/mol. The third-order valence-electron chi connectivity index (χ3n) is 3.90. The summed E-state index contributed by atoms with van der Waals surface area (Å²) in [6.07, 6.45) is 6.29. The highest BCUT2D eigenvalue weighted by molar-refractivity contribution is 6.21. The van der Waals surface area contributed by atoms with E-state index in [1.165, 1.54) is 11.3 Å². The average Bonchev–Trinajstić information content (AvgIpc) is 2.72. The molecular formula is C16H18N2O2. The minimum absolute atomic E-state index is 0.206. The summed E-state index contributed by atoms with van der Waals surface area (Å²) in [5, 5.41) is 3.30. The van der Waals surface area contributed by atoms with Crippen LogP contribution in [0.4, 0.5) is 0 Å². The molecule has 2 aliphatic rings. The van der Waals surface area contributed by atoms with Gasteiger partial charge in [0.05, 0.1) is 11.1 Å². The molecule has 1 atom stereocenters. The maximum Gasteiger partial charge on any atom is 0.263 e. The highest BCUT2D eigenvalue weighted by Gasteiger charge is 2.38. The number of nitrogens with zero attached hydrogens (tertiary/aromatic N) is 1. The largest absolute Gasteiger partial charge is 0.369 e. The van der Waals surface area contributed by atoms with E-state index >= 15 is 0 Å². The fraction of sp³-hybridized carbons (Fsp3) is 0.375. The normalized spacial score (nSPS) is 19.6. The van der Waals surface area contributed by atoms with Crippen LogP contribution in [0.15, 0.2) is 36.0 Å². The number of benzene rings is 1. The first-order chi connectivity index (χ1) is 9.68. The van der Waals surface area contributed by atoms with Gasteiger partial charge in [0.1, 0.15) is 6.17 Å². The molecule has 2 amide bonds. The van der Waals surface area contributed by atoms with Crippen LogP contribution in [-0.2, 0) is 0 Å². The molecule has 1 aromatic carbocycles. The van der Waals surface area contributed by atoms with Crippen LogP contribution in [-0.4, -0.2) is 22.9 Å². The van der Waals surface area contributed by atoms with Crippen molar-refractivity contribution < 1.29 is 9.59 Å². The van der Waals surface area contributed by atoms with Crippen molar-refractivity contribution in [3.05, 3.63) is 47.2 Å². The summed E-state index contributed by atoms with van der Waals surface area (Å²) in [5.41, 5.74) is 2.15. The van der Waals surface area contributed by atoms with Crippen molar-refractivity contribution in [1.82, 2.24) is 10.2 Å². The Labute approximate surface area is 118 Å². The van der Waals surface area contributed by atoms with Crippen LogP contribution in [0.1, 0.15) is 53.3 Å². The van der Waals surface area contributed by atoms with Crippen LogP contribution in [0.5, 0.6) is 0 Å². The number of hydrogen-bond donors (Lipinski definition) is 1. The van der Waals surface area contributed by atoms with Gasteiger partial charge in [0.2, 0.25) is 0 Å². The Bertz CT molecular complexity index is 557. The van der Waals surface area contributed by atoms with Gasteiger partial charge in [0.25, 0.3) is 11.8 Å². The number of imide groups is 1. The van der Waals surface area contributed by atoms with E-state index in [2.05, 4.69) is 11.4 Å². The molecule has 0 fully saturated rings. The van der Waals surface area contributed by atoms with E-state index in [0.717, 1.165) is 25.0 Å². The second-order valence-electron chi connectivity index (χ2n) is 5.32. The van der Waals surface area contributed by atoms with Crippen LogP contribution < -0.4 is 5.32 Å². The Morgan fingerprint density at radius 3 is 2.30 bits per heavy atom. The van der Waals surface area contributed by atoms with Gasteiger partial charge < -0.3 is 5.32 Å². The maximum atomic E-state index is 12.3. The molecule has 3 rings (SSSR count). The number of carbonyl (C=O) groups is 2. The second kappa shape index (κ2) is 5.12. The molecule has 4 nitrogen and oxygen atoms in total. The molecule has 1 heterocycles. The van der Waals surface area contributed by atoms with Crippen LogP contribution in [0.2, 0.25) is 0 Å². The first-order valence-electron chi connectivity index (χ1n) is 7.11. The van der Waals surface area contributed by atoms with E-state index in [1.807, 2.05) is 6.92 Å². The van der Waals surface area contributed by atoms with Crippen molar-refractivity contribution in [2.45, 2.75) is 38.8 Å². The molecule has 4 heteroatoms. The Morgan fingerprint density at radius 2 is 1.75 bits per heavy atom. The Balaban J connectivity index is 1.80. The summed E-state index contributed by atoms with van der Waals surface area (Å²) >= 11 is 0. The summed E-state index contributed by atoms with van der Waals surface area (Å²) < 4.78 is 0. The third-order valence-corrected chi connectivity index (χ3v) is 3.90. The number of allylic oxidation sites excluding steroid dienone is 2. The summed E-state index contributed by atoms with van der Waals surface area (Å²) in [5.74, 6) is -0.413. The zero-order chi connectivity index (χ0) is 14.1. The lowest BCUT2D eigenvalue weighted by Gasteiger charge is -2.27. The molecule has 20 heavy (non-hydrogen) atoms. The summed E-state index contributed by atoms with van der Waals surface area (Å²) in [6, 6.07) is 6.99. The van der Waals surface area contributed by atoms with Crippen LogP contribution in [0.3, 0.4) is 0 Å². The summed E-state index contributed by atoms with van der Waals surface area (Å²) in [7, 11) is 0. The smallest absolute Gasteiger partial charge is 0.263 e. The van der Waals surface area contributed by atoms with Crippen molar-refractivity contribution in [3.63, 3.8) is 0 Å². The second-order valence-corrected chi connectivity index (χ2v) is 5.32. The molecule has 104 valence electrons. The lowest BCUT2D eigenvalue weighted by atomic mass is 10.0. The van der Waals surface area contributed by atoms with E-state index in [-0.39, 0.29) is 18.0 Å². The SMILES string of the molecule is CC(NC1=CCCCC1)N1C(=O)c2ccccc2C1=O. The molecule has 1 aliphatic carbocycles. The molecule has 0 bridgehead atoms. The van der Waals surface area contributed by atoms with Gasteiger partial charge in [0.15, 0.2) is 0 Å². The van der Waals surface area contributed by atoms with Gasteiger partial charge in [-0.2, -0.15) is 0 Å². The molecule has 0 saturated carbocycles. The van der Waals surface area contributed by atoms with Gasteiger partial charge in [-0.1, -0.05) is 18.2 Å². The van der Waals surface area contributed by atoms with Crippen molar-refractivity contribution in [2.24, 2.45) is 0 Å². The van der Waals surface area contributed by atoms with Gasteiger partial charge in [-0.3, -0.25) is 14.5 Å². The number of fused-ring (bicyclic) bond motifs is 1. The molecule has 1 aliphatic heterocycles. The quantitative estimate of drug-likeness (QED) is 0.859. The Morgan fingerprint density at radius 1 is 1.10 bits per heavy atom. The van der Waals surface area contributed by atoms with Gasteiger partial charge >= 0.3 is 0 Å². The standard InChI is InChI=1S/C16H18N2O2/c1-11(17-12-7-3-2-4-8-12)18-15(19)13-9-5-6-10-14(13)16(18)20/h5-7,9-11,17H,2-4,8H2,1H3. The van der Waals surface area contributed by atoms with Crippen molar-refractivity contribution in [1.29, 1.82) is 0 Å². The fourth-order valence-electron chi connectivity index (χ4n) is 2.86. The molecule has 0 radical (unpaired) electrons. The van der Waals surface area contributed by atoms with E-state index in [4.69, 9.17) is 0 Å². The first-order valence-corrected chi connectivity index (χ1v) is 7.11. The predicted octanol–water partition coefficient (Wildman–Crippen LogP) is 2.68. The zero-order valence-corrected chi connectivity index (χ0v) is 11.6. The number of nitrogens with one attached hydrogen (secondary N) is 1. The number of hydrogen-bond acceptors (Lipinski definition) is 3. The molecule has 1 N–H and O–H groups in total. The van der Waals surface area contributed by atoms with Gasteiger partial charge in [-0.15, -0.1) is 0 Å². The minimum atomic E-state index is -0.313. The minimum Gasteiger partial charge on any atom is -0.369 e. The topological polar surface area (TPSA) is 49.4 Å². The summed E-state index contributed by atoms with van der Waals surface area (Å²) in [6.45, 7) is 1.86. The van der Waals surface area contributed by atoms with E-state index < -0.39 is 0 Å². The number of carbonyl (C=O) groups excluding carboxylic acids is 2. The van der Waals surface area contributed by atoms with Gasteiger partial charge in [0, 0.05) is 5.70 Å². The van der Waals surface area contributed by atoms with E-state index in [0.29, 0.717) is 11.1 Å². The lowest BCUT2D eigenvalue weighted by Crippen LogP contribution is -2.46. The number of amides is 2. The fourth-order valence-corrected chi connectivity index (χ4v) is 2.86. The highest BCUT2D eigenvalue weighted by Crippen LogP contribution is 2.24. The molecule has 0 saturated heterocycles. The molecule has 1 unspecified atom stereocenters. The maximum absolute atomic E-state index is 12.3. The predicted molar refractivity (Wildman–Crippen MR) is 76.1 cm³/mol. The van der Waals surface area contributed by atoms with Crippen LogP contribution in [0, 0.1) is 0 Å². The van der Waals surface area contributed by atoms with E-state index in [9.17, 15) is 9.59 Å². The lowest BCUT2D eigenvalue weighted by molar-refractivity contribution is 0.0577. The Kier molecular flexibility index (Phi) is 3.30. The highest BCUT2D eigenvalue weighted by atomic mass is 16.2. The number of rotatable bonds is 3. The molecule has 0 spiro atoms. The third kappa shape index (κ3) is 2.11. The van der Waals surface area contributed by atoms with Crippen molar-refractivity contribution in [3.8, 4) is 0 Å². The monoisotopic (exact) mass is 270 g/mol. The molecular weight excluding hydrogens is 252 g/mol. The molecule has 1 aromatic rings. The van der Waals surface area contributed by atoms with Crippen molar-refractivity contribution in [2.75, 3.05) is 0 Å². The van der Waals surface area contributed by atoms with Gasteiger partial charge in [-0.05, 0) is 44.7 Å². The van der Waals surface area contributed by atoms with Crippen molar-refractivity contribution >= 4 is 11.8 Å². The molecule has 0 aromatic heterocycles. The summed E-state index contributed by atoms with van der Waals surface area (Å²) in [4.78, 5) is 26.0. The van der Waals surface area contributed by atoms with Crippen LogP contribution >= 0.6 is 0 Å². The first kappa shape index (κ1) is 12.9. The Hall–Kier alpha value is -2.10. The van der Waals surface area contributed by atoms with E-state index in [1.54, 1.807) is 24.3 Å². The zero-order valence-electron chi connectivity index (χ0n) is 11.6.